The predicted octanol–water partition coefficient (Wildman–Crippen LogP) is 0.459. The molecule has 0 aliphatic carbocycles. The summed E-state index contributed by atoms with van der Waals surface area (Å²) in [5, 5.41) is 2.79. The third-order valence-corrected chi connectivity index (χ3v) is 1.74. The Morgan fingerprint density at radius 3 is 2.87 bits per heavy atom. The number of hydrogen-bond acceptors (Lipinski definition) is 6. The molecule has 0 spiro atoms. The van der Waals surface area contributed by atoms with Gasteiger partial charge in [0.05, 0.1) is 14.2 Å². The van der Waals surface area contributed by atoms with Gasteiger partial charge < -0.3 is 14.8 Å². The maximum atomic E-state index is 11.1. The molecule has 0 saturated carbocycles. The molecule has 0 aromatic carbocycles. The van der Waals surface area contributed by atoms with Gasteiger partial charge in [0.15, 0.2) is 0 Å². The van der Waals surface area contributed by atoms with E-state index >= 15 is 0 Å². The number of hydrogen-bond donors (Lipinski definition) is 1. The van der Waals surface area contributed by atoms with Crippen molar-refractivity contribution in [1.29, 1.82) is 0 Å². The Labute approximate surface area is 87.6 Å². The topological polar surface area (TPSA) is 73.3 Å². The molecule has 0 amide bonds. The van der Waals surface area contributed by atoms with Crippen LogP contribution in [0.3, 0.4) is 0 Å². The zero-order chi connectivity index (χ0) is 11.3. The van der Waals surface area contributed by atoms with Crippen LogP contribution in [0.15, 0.2) is 12.3 Å². The summed E-state index contributed by atoms with van der Waals surface area (Å²) in [5.41, 5.74) is 0. The van der Waals surface area contributed by atoms with Crippen LogP contribution < -0.4 is 10.1 Å². The molecule has 1 N–H and O–H groups in total. The second kappa shape index (κ2) is 5.14. The Kier molecular flexibility index (Phi) is 3.84. The summed E-state index contributed by atoms with van der Waals surface area (Å²) in [5.74, 6) is 0.387. The lowest BCUT2D eigenvalue weighted by Gasteiger charge is -2.11. The van der Waals surface area contributed by atoms with Gasteiger partial charge in [-0.3, -0.25) is 0 Å². The van der Waals surface area contributed by atoms with Crippen molar-refractivity contribution in [3.63, 3.8) is 0 Å². The van der Waals surface area contributed by atoms with E-state index in [2.05, 4.69) is 20.0 Å². The Bertz CT molecular complexity index is 343. The first-order chi connectivity index (χ1) is 7.17. The van der Waals surface area contributed by atoms with Crippen LogP contribution in [0.2, 0.25) is 0 Å². The number of aromatic nitrogens is 2. The van der Waals surface area contributed by atoms with Crippen molar-refractivity contribution in [3.8, 4) is 5.88 Å². The quantitative estimate of drug-likeness (QED) is 0.729. The van der Waals surface area contributed by atoms with Gasteiger partial charge in [-0.1, -0.05) is 0 Å². The Balaban J connectivity index is 2.67. The van der Waals surface area contributed by atoms with E-state index in [-0.39, 0.29) is 5.97 Å². The minimum absolute atomic E-state index is 0.326. The predicted molar refractivity (Wildman–Crippen MR) is 53.7 cm³/mol. The molecular formula is C9H13N3O3. The molecule has 0 aliphatic heterocycles. The van der Waals surface area contributed by atoms with Crippen molar-refractivity contribution in [2.24, 2.45) is 0 Å². The summed E-state index contributed by atoms with van der Waals surface area (Å²) < 4.78 is 9.47. The summed E-state index contributed by atoms with van der Waals surface area (Å²) >= 11 is 0. The molecule has 0 bridgehead atoms. The van der Waals surface area contributed by atoms with Gasteiger partial charge in [-0.05, 0) is 6.92 Å². The van der Waals surface area contributed by atoms with Crippen LogP contribution in [0.25, 0.3) is 0 Å². The zero-order valence-corrected chi connectivity index (χ0v) is 8.85. The number of ether oxygens (including phenoxy) is 2. The van der Waals surface area contributed by atoms with Crippen LogP contribution >= 0.6 is 0 Å². The summed E-state index contributed by atoms with van der Waals surface area (Å²) in [6, 6.07) is 1.12. The van der Waals surface area contributed by atoms with Crippen molar-refractivity contribution >= 4 is 11.9 Å². The number of anilines is 1. The summed E-state index contributed by atoms with van der Waals surface area (Å²) in [7, 11) is 2.84. The van der Waals surface area contributed by atoms with E-state index < -0.39 is 6.04 Å². The fourth-order valence-electron chi connectivity index (χ4n) is 0.955. The highest BCUT2D eigenvalue weighted by Gasteiger charge is 2.13. The number of methoxy groups -OCH3 is 2. The van der Waals surface area contributed by atoms with E-state index in [4.69, 9.17) is 4.74 Å². The van der Waals surface area contributed by atoms with E-state index in [1.807, 2.05) is 0 Å². The molecule has 0 aliphatic rings. The van der Waals surface area contributed by atoms with Gasteiger partial charge in [-0.25, -0.2) is 9.78 Å². The standard InChI is InChI=1S/C9H13N3O3/c1-6(8(13)15-3)11-9-10-5-4-7(12-9)14-2/h4-6H,1-3H3,(H,10,11,12). The van der Waals surface area contributed by atoms with E-state index in [0.717, 1.165) is 0 Å². The van der Waals surface area contributed by atoms with Gasteiger partial charge in [-0.15, -0.1) is 0 Å². The molecule has 1 rings (SSSR count). The highest BCUT2D eigenvalue weighted by Crippen LogP contribution is 2.08. The van der Waals surface area contributed by atoms with Crippen molar-refractivity contribution in [1.82, 2.24) is 9.97 Å². The van der Waals surface area contributed by atoms with Crippen LogP contribution in [0.4, 0.5) is 5.95 Å². The van der Waals surface area contributed by atoms with Crippen molar-refractivity contribution in [3.05, 3.63) is 12.3 Å². The van der Waals surface area contributed by atoms with Crippen LogP contribution in [-0.2, 0) is 9.53 Å². The molecule has 1 atom stereocenters. The first-order valence-electron chi connectivity index (χ1n) is 4.38. The third-order valence-electron chi connectivity index (χ3n) is 1.74. The average molecular weight is 211 g/mol. The highest BCUT2D eigenvalue weighted by atomic mass is 16.5. The number of carbonyl (C=O) groups excluding carboxylic acids is 1. The minimum Gasteiger partial charge on any atom is -0.481 e. The summed E-state index contributed by atoms with van der Waals surface area (Å²) in [4.78, 5) is 19.0. The number of carbonyl (C=O) groups is 1. The molecule has 1 aromatic rings. The summed E-state index contributed by atoms with van der Waals surface area (Å²) in [6.07, 6.45) is 1.54. The normalized spacial score (nSPS) is 11.7. The maximum Gasteiger partial charge on any atom is 0.328 e. The maximum absolute atomic E-state index is 11.1. The molecule has 15 heavy (non-hydrogen) atoms. The van der Waals surface area contributed by atoms with Crippen LogP contribution in [0, 0.1) is 0 Å². The largest absolute Gasteiger partial charge is 0.481 e. The lowest BCUT2D eigenvalue weighted by Crippen LogP contribution is -2.28. The molecular weight excluding hydrogens is 198 g/mol. The van der Waals surface area contributed by atoms with Crippen molar-refractivity contribution < 1.29 is 14.3 Å². The number of nitrogens with zero attached hydrogens (tertiary/aromatic N) is 2. The number of esters is 1. The van der Waals surface area contributed by atoms with Gasteiger partial charge >= 0.3 is 5.97 Å². The molecule has 1 unspecified atom stereocenters. The first-order valence-corrected chi connectivity index (χ1v) is 4.38. The smallest absolute Gasteiger partial charge is 0.328 e. The average Bonchev–Trinajstić information content (AvgIpc) is 2.28. The Hall–Kier alpha value is -1.85. The van der Waals surface area contributed by atoms with E-state index in [1.54, 1.807) is 13.0 Å². The van der Waals surface area contributed by atoms with Gasteiger partial charge in [-0.2, -0.15) is 4.98 Å². The number of nitrogens with one attached hydrogen (secondary N) is 1. The third kappa shape index (κ3) is 3.08. The second-order valence-corrected chi connectivity index (χ2v) is 2.81. The SMILES string of the molecule is COC(=O)C(C)Nc1nccc(OC)n1. The fourth-order valence-corrected chi connectivity index (χ4v) is 0.955. The second-order valence-electron chi connectivity index (χ2n) is 2.81. The molecule has 1 heterocycles. The van der Waals surface area contributed by atoms with Crippen LogP contribution in [-0.4, -0.2) is 36.2 Å². The van der Waals surface area contributed by atoms with Crippen LogP contribution in [0.5, 0.6) is 5.88 Å². The molecule has 0 radical (unpaired) electrons. The van der Waals surface area contributed by atoms with Gasteiger partial charge in [0.25, 0.3) is 0 Å². The lowest BCUT2D eigenvalue weighted by atomic mass is 10.3. The van der Waals surface area contributed by atoms with E-state index in [1.165, 1.54) is 20.4 Å². The molecule has 0 saturated heterocycles. The van der Waals surface area contributed by atoms with Crippen molar-refractivity contribution in [2.45, 2.75) is 13.0 Å². The first kappa shape index (κ1) is 11.2. The molecule has 6 nitrogen and oxygen atoms in total. The van der Waals surface area contributed by atoms with E-state index in [9.17, 15) is 4.79 Å². The molecule has 82 valence electrons. The molecule has 1 aromatic heterocycles. The van der Waals surface area contributed by atoms with Gasteiger partial charge in [0.1, 0.15) is 6.04 Å². The molecule has 0 fully saturated rings. The monoisotopic (exact) mass is 211 g/mol. The minimum atomic E-state index is -0.498. The van der Waals surface area contributed by atoms with Crippen LogP contribution in [0.1, 0.15) is 6.92 Å². The zero-order valence-electron chi connectivity index (χ0n) is 8.85. The highest BCUT2D eigenvalue weighted by molar-refractivity contribution is 5.77. The van der Waals surface area contributed by atoms with Gasteiger partial charge in [0.2, 0.25) is 11.8 Å². The lowest BCUT2D eigenvalue weighted by molar-refractivity contribution is -0.141. The Morgan fingerprint density at radius 1 is 1.53 bits per heavy atom. The molecule has 6 heteroatoms. The fraction of sp³-hybridized carbons (Fsp3) is 0.444. The van der Waals surface area contributed by atoms with Gasteiger partial charge in [0, 0.05) is 12.3 Å². The Morgan fingerprint density at radius 2 is 2.27 bits per heavy atom. The number of rotatable bonds is 4. The van der Waals surface area contributed by atoms with Crippen molar-refractivity contribution in [2.75, 3.05) is 19.5 Å². The summed E-state index contributed by atoms with van der Waals surface area (Å²) in [6.45, 7) is 1.66. The van der Waals surface area contributed by atoms with E-state index in [0.29, 0.717) is 11.8 Å².